The van der Waals surface area contributed by atoms with Gasteiger partial charge in [0.15, 0.2) is 5.43 Å². The molecule has 0 amide bonds. The number of fused-ring (bicyclic) bond motifs is 2. The minimum absolute atomic E-state index is 0.00707. The molecule has 7 nitrogen and oxygen atoms in total. The standard InChI is InChI=1S/C24H22Cl2N6O/c25-16-5-1-3-15(21(16)26)20-18(33)11-19(32-13-29-30-23(20)32)31-9-6-24(7-10-31)12-17-14(22(24)27)4-2-8-28-17/h1-5,8,11,13,22,30H,6-7,9-10,12,27H2/t22-/m1/s1. The quantitative estimate of drug-likeness (QED) is 0.447. The predicted octanol–water partition coefficient (Wildman–Crippen LogP) is 4.23. The normalized spacial score (nSPS) is 19.4. The van der Waals surface area contributed by atoms with Crippen molar-refractivity contribution in [3.63, 3.8) is 0 Å². The minimum Gasteiger partial charge on any atom is -0.357 e. The summed E-state index contributed by atoms with van der Waals surface area (Å²) in [7, 11) is 0. The highest BCUT2D eigenvalue weighted by Gasteiger charge is 2.46. The first kappa shape index (κ1) is 20.7. The van der Waals surface area contributed by atoms with E-state index in [1.54, 1.807) is 30.6 Å². The summed E-state index contributed by atoms with van der Waals surface area (Å²) in [5.74, 6) is 0.808. The lowest BCUT2D eigenvalue weighted by molar-refractivity contribution is 0.186. The molecule has 1 aliphatic carbocycles. The molecule has 168 valence electrons. The van der Waals surface area contributed by atoms with Gasteiger partial charge in [-0.05, 0) is 42.4 Å². The molecule has 1 spiro atoms. The second-order valence-corrected chi connectivity index (χ2v) is 9.75. The summed E-state index contributed by atoms with van der Waals surface area (Å²) in [4.78, 5) is 20.1. The van der Waals surface area contributed by atoms with E-state index in [1.165, 1.54) is 5.56 Å². The smallest absolute Gasteiger partial charge is 0.193 e. The Kier molecular flexibility index (Phi) is 4.76. The number of benzene rings is 1. The number of piperidine rings is 1. The lowest BCUT2D eigenvalue weighted by Crippen LogP contribution is -2.45. The van der Waals surface area contributed by atoms with Crippen molar-refractivity contribution in [1.29, 1.82) is 0 Å². The largest absolute Gasteiger partial charge is 0.357 e. The van der Waals surface area contributed by atoms with Crippen molar-refractivity contribution in [2.45, 2.75) is 25.3 Å². The third kappa shape index (κ3) is 3.10. The van der Waals surface area contributed by atoms with E-state index in [0.29, 0.717) is 26.8 Å². The van der Waals surface area contributed by atoms with Gasteiger partial charge in [-0.25, -0.2) is 0 Å². The summed E-state index contributed by atoms with van der Waals surface area (Å²) < 4.78 is 1.91. The van der Waals surface area contributed by atoms with Crippen LogP contribution in [0.4, 0.5) is 5.82 Å². The van der Waals surface area contributed by atoms with E-state index < -0.39 is 0 Å². The van der Waals surface area contributed by atoms with Crippen LogP contribution in [0.2, 0.25) is 10.0 Å². The molecule has 0 radical (unpaired) electrons. The summed E-state index contributed by atoms with van der Waals surface area (Å²) >= 11 is 12.6. The van der Waals surface area contributed by atoms with Crippen LogP contribution in [0, 0.1) is 5.41 Å². The van der Waals surface area contributed by atoms with Crippen molar-refractivity contribution in [1.82, 2.24) is 19.6 Å². The summed E-state index contributed by atoms with van der Waals surface area (Å²) in [5.41, 5.74) is 10.5. The zero-order chi connectivity index (χ0) is 22.7. The zero-order valence-corrected chi connectivity index (χ0v) is 19.3. The molecule has 2 aliphatic rings. The fraction of sp³-hybridized carbons (Fsp3) is 0.292. The summed E-state index contributed by atoms with van der Waals surface area (Å²) in [5, 5.41) is 7.95. The lowest BCUT2D eigenvalue weighted by Gasteiger charge is -2.42. The van der Waals surface area contributed by atoms with E-state index >= 15 is 0 Å². The van der Waals surface area contributed by atoms with Crippen LogP contribution >= 0.6 is 23.2 Å². The molecule has 0 bridgehead atoms. The number of rotatable bonds is 2. The monoisotopic (exact) mass is 480 g/mol. The van der Waals surface area contributed by atoms with Crippen LogP contribution in [0.5, 0.6) is 0 Å². The van der Waals surface area contributed by atoms with Crippen molar-refractivity contribution in [2.75, 3.05) is 18.0 Å². The van der Waals surface area contributed by atoms with Crippen LogP contribution in [-0.2, 0) is 6.42 Å². The Balaban J connectivity index is 1.35. The SMILES string of the molecule is N[C@@H]1c2cccnc2CC12CCN(c1cc(=O)c(-c3cccc(Cl)c3Cl)c3[nH]ncn13)CC2. The Morgan fingerprint density at radius 2 is 1.97 bits per heavy atom. The zero-order valence-electron chi connectivity index (χ0n) is 17.8. The maximum atomic E-state index is 13.3. The third-order valence-corrected chi connectivity index (χ3v) is 8.14. The minimum atomic E-state index is -0.132. The molecule has 4 heterocycles. The number of nitrogens with two attached hydrogens (primary N) is 1. The molecule has 4 aromatic rings. The Hall–Kier alpha value is -2.87. The molecule has 1 atom stereocenters. The van der Waals surface area contributed by atoms with E-state index in [0.717, 1.165) is 43.9 Å². The fourth-order valence-electron chi connectivity index (χ4n) is 5.51. The predicted molar refractivity (Wildman–Crippen MR) is 130 cm³/mol. The molecule has 1 aliphatic heterocycles. The number of halogens is 2. The number of nitrogens with one attached hydrogen (secondary N) is 1. The second kappa shape index (κ2) is 7.58. The average Bonchev–Trinajstić information content (AvgIpc) is 3.40. The van der Waals surface area contributed by atoms with Crippen LogP contribution in [-0.4, -0.2) is 32.7 Å². The topological polar surface area (TPSA) is 92.3 Å². The van der Waals surface area contributed by atoms with Gasteiger partial charge in [-0.2, -0.15) is 5.10 Å². The van der Waals surface area contributed by atoms with E-state index in [9.17, 15) is 4.79 Å². The van der Waals surface area contributed by atoms with E-state index in [-0.39, 0.29) is 16.9 Å². The molecule has 1 saturated heterocycles. The molecule has 1 aromatic carbocycles. The number of H-pyrrole nitrogens is 1. The first-order valence-corrected chi connectivity index (χ1v) is 11.7. The van der Waals surface area contributed by atoms with Crippen molar-refractivity contribution in [2.24, 2.45) is 11.1 Å². The first-order chi connectivity index (χ1) is 16.0. The Morgan fingerprint density at radius 3 is 2.76 bits per heavy atom. The lowest BCUT2D eigenvalue weighted by atomic mass is 9.73. The van der Waals surface area contributed by atoms with Crippen molar-refractivity contribution < 1.29 is 0 Å². The Morgan fingerprint density at radius 1 is 1.15 bits per heavy atom. The molecule has 0 saturated carbocycles. The fourth-order valence-corrected chi connectivity index (χ4v) is 5.90. The van der Waals surface area contributed by atoms with Gasteiger partial charge in [0.1, 0.15) is 17.8 Å². The number of hydrogen-bond acceptors (Lipinski definition) is 5. The van der Waals surface area contributed by atoms with Gasteiger partial charge in [-0.1, -0.05) is 41.4 Å². The van der Waals surface area contributed by atoms with Gasteiger partial charge in [-0.3, -0.25) is 19.3 Å². The van der Waals surface area contributed by atoms with Gasteiger partial charge in [0, 0.05) is 42.7 Å². The Labute approximate surface area is 200 Å². The van der Waals surface area contributed by atoms with Crippen LogP contribution in [0.15, 0.2) is 53.7 Å². The Bertz CT molecular complexity index is 1440. The molecule has 33 heavy (non-hydrogen) atoms. The van der Waals surface area contributed by atoms with Crippen molar-refractivity contribution >= 4 is 34.7 Å². The van der Waals surface area contributed by atoms with Crippen molar-refractivity contribution in [3.8, 4) is 11.1 Å². The molecular weight excluding hydrogens is 459 g/mol. The number of hydrogen-bond donors (Lipinski definition) is 2. The molecule has 6 rings (SSSR count). The van der Waals surface area contributed by atoms with E-state index in [4.69, 9.17) is 28.9 Å². The molecular formula is C24H22Cl2N6O. The number of pyridine rings is 2. The molecule has 9 heteroatoms. The van der Waals surface area contributed by atoms with Gasteiger partial charge in [0.2, 0.25) is 0 Å². The summed E-state index contributed by atoms with van der Waals surface area (Å²) in [6.45, 7) is 1.59. The van der Waals surface area contributed by atoms with Crippen LogP contribution in [0.1, 0.15) is 30.1 Å². The van der Waals surface area contributed by atoms with Gasteiger partial charge in [0.05, 0.1) is 15.6 Å². The van der Waals surface area contributed by atoms with E-state index in [2.05, 4.69) is 26.1 Å². The highest BCUT2D eigenvalue weighted by Crippen LogP contribution is 2.50. The van der Waals surface area contributed by atoms with Gasteiger partial charge < -0.3 is 10.6 Å². The van der Waals surface area contributed by atoms with Crippen LogP contribution in [0.3, 0.4) is 0 Å². The van der Waals surface area contributed by atoms with Crippen molar-refractivity contribution in [3.05, 3.63) is 80.4 Å². The van der Waals surface area contributed by atoms with E-state index in [1.807, 2.05) is 16.7 Å². The summed E-state index contributed by atoms with van der Waals surface area (Å²) in [6.07, 6.45) is 6.30. The highest BCUT2D eigenvalue weighted by molar-refractivity contribution is 6.43. The van der Waals surface area contributed by atoms with Crippen LogP contribution < -0.4 is 16.1 Å². The third-order valence-electron chi connectivity index (χ3n) is 7.32. The maximum absolute atomic E-state index is 13.3. The average molecular weight is 481 g/mol. The number of anilines is 1. The van der Waals surface area contributed by atoms with Gasteiger partial charge in [0.25, 0.3) is 0 Å². The first-order valence-electron chi connectivity index (χ1n) is 11.0. The maximum Gasteiger partial charge on any atom is 0.193 e. The van der Waals surface area contributed by atoms with Gasteiger partial charge in [-0.15, -0.1) is 0 Å². The number of nitrogens with zero attached hydrogens (tertiary/aromatic N) is 4. The van der Waals surface area contributed by atoms with Crippen LogP contribution in [0.25, 0.3) is 16.8 Å². The molecule has 3 N–H and O–H groups in total. The highest BCUT2D eigenvalue weighted by atomic mass is 35.5. The second-order valence-electron chi connectivity index (χ2n) is 8.96. The molecule has 3 aromatic heterocycles. The summed E-state index contributed by atoms with van der Waals surface area (Å²) in [6, 6.07) is 11.0. The number of aromatic amines is 1. The van der Waals surface area contributed by atoms with Gasteiger partial charge >= 0.3 is 0 Å². The number of aromatic nitrogens is 4. The molecule has 0 unspecified atom stereocenters. The molecule has 1 fully saturated rings.